The number of anilines is 1. The zero-order chi connectivity index (χ0) is 11.3. The summed E-state index contributed by atoms with van der Waals surface area (Å²) < 4.78 is 0. The quantitative estimate of drug-likeness (QED) is 0.785. The lowest BCUT2D eigenvalue weighted by Gasteiger charge is -2.31. The van der Waals surface area contributed by atoms with E-state index in [2.05, 4.69) is 31.1 Å². The Hall–Kier alpha value is -0.610. The maximum atomic E-state index is 5.60. The number of nitrogens with one attached hydrogen (secondary N) is 1. The van der Waals surface area contributed by atoms with E-state index < -0.39 is 0 Å². The molecule has 0 bridgehead atoms. The Labute approximate surface area is 96.1 Å². The molecule has 86 valence electrons. The van der Waals surface area contributed by atoms with Crippen molar-refractivity contribution in [1.82, 2.24) is 10.3 Å². The van der Waals surface area contributed by atoms with Crippen LogP contribution in [0.15, 0.2) is 6.20 Å². The summed E-state index contributed by atoms with van der Waals surface area (Å²) in [7, 11) is 0. The van der Waals surface area contributed by atoms with Crippen molar-refractivity contribution in [3.63, 3.8) is 0 Å². The van der Waals surface area contributed by atoms with Crippen LogP contribution in [0, 0.1) is 0 Å². The van der Waals surface area contributed by atoms with Gasteiger partial charge in [-0.2, -0.15) is 0 Å². The smallest absolute Gasteiger partial charge is 0.180 e. The first-order valence-corrected chi connectivity index (χ1v) is 6.42. The van der Waals surface area contributed by atoms with Gasteiger partial charge >= 0.3 is 0 Å². The molecule has 0 aliphatic carbocycles. The first-order chi connectivity index (χ1) is 7.15. The Balaban J connectivity index is 2.54. The van der Waals surface area contributed by atoms with E-state index in [4.69, 9.17) is 5.73 Å². The van der Waals surface area contributed by atoms with E-state index >= 15 is 0 Å². The second-order valence-corrected chi connectivity index (χ2v) is 5.01. The molecule has 0 unspecified atom stereocenters. The van der Waals surface area contributed by atoms with Crippen LogP contribution in [0.5, 0.6) is 0 Å². The number of rotatable bonds is 6. The molecule has 0 saturated heterocycles. The Morgan fingerprint density at radius 1 is 1.33 bits per heavy atom. The lowest BCUT2D eigenvalue weighted by molar-refractivity contribution is 0.289. The summed E-state index contributed by atoms with van der Waals surface area (Å²) in [5, 5.41) is 4.28. The SMILES string of the molecule is CCC(CC)(CC)NCc1cnc(N)s1. The topological polar surface area (TPSA) is 50.9 Å². The van der Waals surface area contributed by atoms with E-state index in [1.165, 1.54) is 4.88 Å². The highest BCUT2D eigenvalue weighted by Crippen LogP contribution is 2.21. The minimum absolute atomic E-state index is 0.277. The lowest BCUT2D eigenvalue weighted by Crippen LogP contribution is -2.42. The maximum absolute atomic E-state index is 5.60. The molecule has 0 aliphatic rings. The van der Waals surface area contributed by atoms with Crippen molar-refractivity contribution >= 4 is 16.5 Å². The Morgan fingerprint density at radius 2 is 1.93 bits per heavy atom. The number of hydrogen-bond donors (Lipinski definition) is 2. The van der Waals surface area contributed by atoms with E-state index in [1.807, 2.05) is 6.20 Å². The minimum atomic E-state index is 0.277. The highest BCUT2D eigenvalue weighted by Gasteiger charge is 2.22. The van der Waals surface area contributed by atoms with Crippen LogP contribution in [0.4, 0.5) is 5.13 Å². The number of nitrogens with zero attached hydrogens (tertiary/aromatic N) is 1. The summed E-state index contributed by atoms with van der Waals surface area (Å²) in [6.07, 6.45) is 5.34. The van der Waals surface area contributed by atoms with Gasteiger partial charge in [-0.25, -0.2) is 4.98 Å². The van der Waals surface area contributed by atoms with Gasteiger partial charge in [0.2, 0.25) is 0 Å². The average molecular weight is 227 g/mol. The van der Waals surface area contributed by atoms with E-state index in [0.717, 1.165) is 25.8 Å². The fourth-order valence-electron chi connectivity index (χ4n) is 1.80. The third-order valence-electron chi connectivity index (χ3n) is 3.24. The fraction of sp³-hybridized carbons (Fsp3) is 0.727. The molecule has 1 aromatic heterocycles. The molecule has 1 heterocycles. The Morgan fingerprint density at radius 3 is 2.33 bits per heavy atom. The zero-order valence-corrected chi connectivity index (χ0v) is 10.7. The van der Waals surface area contributed by atoms with Crippen molar-refractivity contribution in [3.05, 3.63) is 11.1 Å². The van der Waals surface area contributed by atoms with Gasteiger partial charge in [0.15, 0.2) is 5.13 Å². The fourth-order valence-corrected chi connectivity index (χ4v) is 2.43. The molecule has 0 amide bonds. The summed E-state index contributed by atoms with van der Waals surface area (Å²) in [6.45, 7) is 7.59. The van der Waals surface area contributed by atoms with Crippen LogP contribution < -0.4 is 11.1 Å². The summed E-state index contributed by atoms with van der Waals surface area (Å²) in [4.78, 5) is 5.27. The molecule has 3 N–H and O–H groups in total. The van der Waals surface area contributed by atoms with Crippen LogP contribution in [-0.4, -0.2) is 10.5 Å². The largest absolute Gasteiger partial charge is 0.375 e. The van der Waals surface area contributed by atoms with Crippen LogP contribution in [0.3, 0.4) is 0 Å². The zero-order valence-electron chi connectivity index (χ0n) is 9.84. The lowest BCUT2D eigenvalue weighted by atomic mass is 9.90. The Bertz CT molecular complexity index is 284. The van der Waals surface area contributed by atoms with Crippen molar-refractivity contribution < 1.29 is 0 Å². The molecular weight excluding hydrogens is 206 g/mol. The highest BCUT2D eigenvalue weighted by atomic mass is 32.1. The number of nitrogen functional groups attached to an aromatic ring is 1. The van der Waals surface area contributed by atoms with E-state index in [-0.39, 0.29) is 5.54 Å². The van der Waals surface area contributed by atoms with Gasteiger partial charge in [0.25, 0.3) is 0 Å². The third kappa shape index (κ3) is 3.18. The normalized spacial score (nSPS) is 11.9. The third-order valence-corrected chi connectivity index (χ3v) is 4.07. The second kappa shape index (κ2) is 5.47. The molecular formula is C11H21N3S. The average Bonchev–Trinajstić information content (AvgIpc) is 2.67. The van der Waals surface area contributed by atoms with Gasteiger partial charge in [-0.1, -0.05) is 20.8 Å². The van der Waals surface area contributed by atoms with Gasteiger partial charge in [-0.05, 0) is 19.3 Å². The van der Waals surface area contributed by atoms with E-state index in [1.54, 1.807) is 11.3 Å². The molecule has 15 heavy (non-hydrogen) atoms. The van der Waals surface area contributed by atoms with Crippen molar-refractivity contribution in [2.45, 2.75) is 52.1 Å². The van der Waals surface area contributed by atoms with Crippen molar-refractivity contribution in [2.75, 3.05) is 5.73 Å². The summed E-state index contributed by atoms with van der Waals surface area (Å²) in [5.41, 5.74) is 5.87. The maximum Gasteiger partial charge on any atom is 0.180 e. The van der Waals surface area contributed by atoms with Gasteiger partial charge in [-0.3, -0.25) is 0 Å². The van der Waals surface area contributed by atoms with Crippen LogP contribution in [0.25, 0.3) is 0 Å². The van der Waals surface area contributed by atoms with Gasteiger partial charge in [0.05, 0.1) is 0 Å². The minimum Gasteiger partial charge on any atom is -0.375 e. The Kier molecular flexibility index (Phi) is 4.54. The van der Waals surface area contributed by atoms with Crippen LogP contribution in [-0.2, 0) is 6.54 Å². The molecule has 0 fully saturated rings. The van der Waals surface area contributed by atoms with Gasteiger partial charge in [0, 0.05) is 23.2 Å². The molecule has 4 heteroatoms. The predicted octanol–water partition coefficient (Wildman–Crippen LogP) is 2.78. The van der Waals surface area contributed by atoms with Gasteiger partial charge in [0.1, 0.15) is 0 Å². The first-order valence-electron chi connectivity index (χ1n) is 5.61. The monoisotopic (exact) mass is 227 g/mol. The van der Waals surface area contributed by atoms with Crippen molar-refractivity contribution in [2.24, 2.45) is 0 Å². The van der Waals surface area contributed by atoms with Crippen LogP contribution >= 0.6 is 11.3 Å². The van der Waals surface area contributed by atoms with E-state index in [9.17, 15) is 0 Å². The van der Waals surface area contributed by atoms with Crippen molar-refractivity contribution in [1.29, 1.82) is 0 Å². The van der Waals surface area contributed by atoms with E-state index in [0.29, 0.717) is 5.13 Å². The molecule has 0 saturated carbocycles. The molecule has 1 aromatic rings. The van der Waals surface area contributed by atoms with Gasteiger partial charge in [-0.15, -0.1) is 11.3 Å². The molecule has 3 nitrogen and oxygen atoms in total. The molecule has 0 aromatic carbocycles. The molecule has 0 aliphatic heterocycles. The molecule has 0 radical (unpaired) electrons. The van der Waals surface area contributed by atoms with Gasteiger partial charge < -0.3 is 11.1 Å². The second-order valence-electron chi connectivity index (χ2n) is 3.86. The van der Waals surface area contributed by atoms with Crippen LogP contribution in [0.1, 0.15) is 44.9 Å². The number of hydrogen-bond acceptors (Lipinski definition) is 4. The summed E-state index contributed by atoms with van der Waals surface area (Å²) in [6, 6.07) is 0. The van der Waals surface area contributed by atoms with Crippen LogP contribution in [0.2, 0.25) is 0 Å². The van der Waals surface area contributed by atoms with Crippen molar-refractivity contribution in [3.8, 4) is 0 Å². The summed E-state index contributed by atoms with van der Waals surface area (Å²) in [5.74, 6) is 0. The number of nitrogens with two attached hydrogens (primary N) is 1. The number of aromatic nitrogens is 1. The predicted molar refractivity (Wildman–Crippen MR) is 67.0 cm³/mol. The standard InChI is InChI=1S/C11H21N3S/c1-4-11(5-2,6-3)14-8-9-7-13-10(12)15-9/h7,14H,4-6,8H2,1-3H3,(H2,12,13). The first kappa shape index (κ1) is 12.5. The number of thiazole rings is 1. The molecule has 0 atom stereocenters. The highest BCUT2D eigenvalue weighted by molar-refractivity contribution is 7.15. The molecule has 1 rings (SSSR count). The molecule has 0 spiro atoms. The summed E-state index contributed by atoms with van der Waals surface area (Å²) >= 11 is 1.56.